The Morgan fingerprint density at radius 1 is 1.10 bits per heavy atom. The molecular weight excluding hydrogens is 416 g/mol. The lowest BCUT2D eigenvalue weighted by atomic mass is 10.2. The molecule has 0 saturated heterocycles. The number of aromatic nitrogens is 3. The number of rotatable bonds is 9. The minimum atomic E-state index is -0.365. The van der Waals surface area contributed by atoms with Crippen molar-refractivity contribution in [2.45, 2.75) is 30.9 Å². The van der Waals surface area contributed by atoms with Crippen LogP contribution in [0.3, 0.4) is 0 Å². The summed E-state index contributed by atoms with van der Waals surface area (Å²) in [4.78, 5) is 12.5. The molecule has 1 amide bonds. The van der Waals surface area contributed by atoms with Crippen LogP contribution in [0.25, 0.3) is 0 Å². The third-order valence-electron chi connectivity index (χ3n) is 4.61. The van der Waals surface area contributed by atoms with E-state index in [0.717, 1.165) is 11.3 Å². The van der Waals surface area contributed by atoms with Crippen LogP contribution in [-0.2, 0) is 18.4 Å². The van der Waals surface area contributed by atoms with Crippen molar-refractivity contribution in [2.24, 2.45) is 7.05 Å². The molecule has 1 N–H and O–H groups in total. The van der Waals surface area contributed by atoms with Crippen molar-refractivity contribution in [1.29, 1.82) is 0 Å². The van der Waals surface area contributed by atoms with E-state index in [2.05, 4.69) is 15.5 Å². The largest absolute Gasteiger partial charge is 0.497 e. The Bertz CT molecular complexity index is 1040. The molecule has 0 bridgehead atoms. The van der Waals surface area contributed by atoms with E-state index in [0.29, 0.717) is 28.2 Å². The first-order valence-electron chi connectivity index (χ1n) is 9.68. The van der Waals surface area contributed by atoms with Crippen molar-refractivity contribution < 1.29 is 19.0 Å². The number of benzene rings is 2. The van der Waals surface area contributed by atoms with Crippen molar-refractivity contribution in [2.75, 3.05) is 19.5 Å². The molecule has 1 heterocycles. The van der Waals surface area contributed by atoms with Gasteiger partial charge in [-0.2, -0.15) is 0 Å². The Hall–Kier alpha value is -3.20. The van der Waals surface area contributed by atoms with E-state index in [-0.39, 0.29) is 17.8 Å². The maximum absolute atomic E-state index is 12.5. The molecule has 0 spiro atoms. The Morgan fingerprint density at radius 3 is 2.52 bits per heavy atom. The summed E-state index contributed by atoms with van der Waals surface area (Å²) in [6.07, 6.45) is 0. The zero-order chi connectivity index (χ0) is 22.4. The molecule has 1 unspecified atom stereocenters. The average Bonchev–Trinajstić information content (AvgIpc) is 3.12. The first-order valence-corrected chi connectivity index (χ1v) is 10.6. The SMILES string of the molecule is COc1ccc(NC(=O)C(C)Sc2nnc(COc3ccc(C)cc3OC)n2C)cc1. The molecular formula is C22H26N4O4S. The number of nitrogens with zero attached hydrogens (tertiary/aromatic N) is 3. The Balaban J connectivity index is 1.59. The van der Waals surface area contributed by atoms with Gasteiger partial charge in [-0.25, -0.2) is 0 Å². The number of aryl methyl sites for hydroxylation is 1. The molecule has 0 aliphatic rings. The number of thioether (sulfide) groups is 1. The Kier molecular flexibility index (Phi) is 7.41. The monoisotopic (exact) mass is 442 g/mol. The predicted octanol–water partition coefficient (Wildman–Crippen LogP) is 3.84. The average molecular weight is 443 g/mol. The van der Waals surface area contributed by atoms with E-state index >= 15 is 0 Å². The van der Waals surface area contributed by atoms with Gasteiger partial charge in [0.05, 0.1) is 19.5 Å². The van der Waals surface area contributed by atoms with Gasteiger partial charge in [0.2, 0.25) is 5.91 Å². The van der Waals surface area contributed by atoms with E-state index in [1.807, 2.05) is 43.7 Å². The summed E-state index contributed by atoms with van der Waals surface area (Å²) in [5.74, 6) is 2.56. The Morgan fingerprint density at radius 2 is 1.84 bits per heavy atom. The van der Waals surface area contributed by atoms with Gasteiger partial charge in [0.25, 0.3) is 0 Å². The molecule has 0 aliphatic carbocycles. The summed E-state index contributed by atoms with van der Waals surface area (Å²) in [7, 11) is 5.06. The van der Waals surface area contributed by atoms with Crippen LogP contribution in [0.5, 0.6) is 17.2 Å². The van der Waals surface area contributed by atoms with Crippen LogP contribution in [0.1, 0.15) is 18.3 Å². The molecule has 1 aromatic heterocycles. The number of methoxy groups -OCH3 is 2. The Labute approximate surface area is 185 Å². The fourth-order valence-corrected chi connectivity index (χ4v) is 3.57. The molecule has 1 atom stereocenters. The maximum Gasteiger partial charge on any atom is 0.237 e. The minimum Gasteiger partial charge on any atom is -0.497 e. The maximum atomic E-state index is 12.5. The molecule has 31 heavy (non-hydrogen) atoms. The quantitative estimate of drug-likeness (QED) is 0.504. The zero-order valence-electron chi connectivity index (χ0n) is 18.2. The van der Waals surface area contributed by atoms with Crippen molar-refractivity contribution in [3.63, 3.8) is 0 Å². The van der Waals surface area contributed by atoms with Gasteiger partial charge in [-0.05, 0) is 55.8 Å². The molecule has 0 saturated carbocycles. The lowest BCUT2D eigenvalue weighted by Gasteiger charge is -2.13. The second-order valence-electron chi connectivity index (χ2n) is 6.88. The molecule has 0 fully saturated rings. The highest BCUT2D eigenvalue weighted by molar-refractivity contribution is 8.00. The van der Waals surface area contributed by atoms with Crippen molar-refractivity contribution in [3.8, 4) is 17.2 Å². The number of carbonyl (C=O) groups excluding carboxylic acids is 1. The van der Waals surface area contributed by atoms with Crippen LogP contribution in [-0.4, -0.2) is 40.1 Å². The number of nitrogens with one attached hydrogen (secondary N) is 1. The number of amides is 1. The molecule has 0 aliphatic heterocycles. The van der Waals surface area contributed by atoms with E-state index in [1.54, 1.807) is 38.5 Å². The summed E-state index contributed by atoms with van der Waals surface area (Å²) in [6, 6.07) is 12.9. The first kappa shape index (κ1) is 22.5. The second-order valence-corrected chi connectivity index (χ2v) is 8.19. The zero-order valence-corrected chi connectivity index (χ0v) is 19.0. The van der Waals surface area contributed by atoms with Crippen LogP contribution < -0.4 is 19.5 Å². The van der Waals surface area contributed by atoms with Crippen LogP contribution in [0.4, 0.5) is 5.69 Å². The standard InChI is InChI=1S/C22H26N4O4S/c1-14-6-11-18(19(12-14)29-5)30-13-20-24-25-22(26(20)3)31-15(2)21(27)23-16-7-9-17(28-4)10-8-16/h6-12,15H,13H2,1-5H3,(H,23,27). The summed E-state index contributed by atoms with van der Waals surface area (Å²) in [6.45, 7) is 4.05. The summed E-state index contributed by atoms with van der Waals surface area (Å²) in [5, 5.41) is 11.6. The number of carbonyl (C=O) groups is 1. The smallest absolute Gasteiger partial charge is 0.237 e. The van der Waals surface area contributed by atoms with Gasteiger partial charge in [0, 0.05) is 12.7 Å². The number of hydrogen-bond donors (Lipinski definition) is 1. The highest BCUT2D eigenvalue weighted by Gasteiger charge is 2.19. The van der Waals surface area contributed by atoms with Crippen molar-refractivity contribution in [1.82, 2.24) is 14.8 Å². The van der Waals surface area contributed by atoms with E-state index in [1.165, 1.54) is 11.8 Å². The molecule has 2 aromatic carbocycles. The molecule has 3 aromatic rings. The van der Waals surface area contributed by atoms with Gasteiger partial charge in [0.1, 0.15) is 12.4 Å². The highest BCUT2D eigenvalue weighted by atomic mass is 32.2. The minimum absolute atomic E-state index is 0.125. The summed E-state index contributed by atoms with van der Waals surface area (Å²) < 4.78 is 18.2. The third-order valence-corrected chi connectivity index (χ3v) is 5.74. The van der Waals surface area contributed by atoms with Crippen LogP contribution in [0.15, 0.2) is 47.6 Å². The lowest BCUT2D eigenvalue weighted by Crippen LogP contribution is -2.22. The molecule has 0 radical (unpaired) electrons. The van der Waals surface area contributed by atoms with E-state index in [4.69, 9.17) is 14.2 Å². The first-order chi connectivity index (χ1) is 14.9. The van der Waals surface area contributed by atoms with Gasteiger partial charge >= 0.3 is 0 Å². The number of anilines is 1. The van der Waals surface area contributed by atoms with Gasteiger partial charge < -0.3 is 24.1 Å². The van der Waals surface area contributed by atoms with Gasteiger partial charge in [0.15, 0.2) is 22.5 Å². The van der Waals surface area contributed by atoms with Gasteiger partial charge in [-0.15, -0.1) is 10.2 Å². The second kappa shape index (κ2) is 10.2. The molecule has 8 nitrogen and oxygen atoms in total. The third kappa shape index (κ3) is 5.69. The topological polar surface area (TPSA) is 87.5 Å². The summed E-state index contributed by atoms with van der Waals surface area (Å²) in [5.41, 5.74) is 1.79. The van der Waals surface area contributed by atoms with E-state index < -0.39 is 0 Å². The van der Waals surface area contributed by atoms with Crippen molar-refractivity contribution >= 4 is 23.4 Å². The summed E-state index contributed by atoms with van der Waals surface area (Å²) >= 11 is 1.33. The fraction of sp³-hybridized carbons (Fsp3) is 0.318. The fourth-order valence-electron chi connectivity index (χ4n) is 2.74. The number of hydrogen-bond acceptors (Lipinski definition) is 7. The van der Waals surface area contributed by atoms with Crippen LogP contribution in [0.2, 0.25) is 0 Å². The van der Waals surface area contributed by atoms with Crippen LogP contribution in [0, 0.1) is 6.92 Å². The normalized spacial score (nSPS) is 11.6. The molecule has 164 valence electrons. The molecule has 9 heteroatoms. The van der Waals surface area contributed by atoms with Gasteiger partial charge in [-0.3, -0.25) is 4.79 Å². The van der Waals surface area contributed by atoms with E-state index in [9.17, 15) is 4.79 Å². The molecule has 3 rings (SSSR count). The van der Waals surface area contributed by atoms with Gasteiger partial charge in [-0.1, -0.05) is 17.8 Å². The highest BCUT2D eigenvalue weighted by Crippen LogP contribution is 2.29. The van der Waals surface area contributed by atoms with Crippen LogP contribution >= 0.6 is 11.8 Å². The van der Waals surface area contributed by atoms with Crippen molar-refractivity contribution in [3.05, 3.63) is 53.9 Å². The predicted molar refractivity (Wildman–Crippen MR) is 120 cm³/mol. The lowest BCUT2D eigenvalue weighted by molar-refractivity contribution is -0.115. The number of ether oxygens (including phenoxy) is 3.